The molecule has 1 aliphatic carbocycles. The molecule has 1 saturated carbocycles. The molecule has 0 aliphatic heterocycles. The minimum absolute atomic E-state index is 0.00739. The van der Waals surface area contributed by atoms with Crippen LogP contribution in [0.15, 0.2) is 4.52 Å². The standard InChI is InChI=1S/C12H18F2N2O/c1-8(2)11-15-10(16-17-11)7-9-3-5-12(13,14)6-4-9/h8-9H,3-7H2,1-2H3. The van der Waals surface area contributed by atoms with Gasteiger partial charge in [0.25, 0.3) is 0 Å². The number of alkyl halides is 2. The summed E-state index contributed by atoms with van der Waals surface area (Å²) in [6.45, 7) is 3.97. The molecular weight excluding hydrogens is 226 g/mol. The maximum atomic E-state index is 13.0. The van der Waals surface area contributed by atoms with Crippen molar-refractivity contribution in [2.45, 2.75) is 57.8 Å². The van der Waals surface area contributed by atoms with E-state index >= 15 is 0 Å². The van der Waals surface area contributed by atoms with Gasteiger partial charge in [-0.2, -0.15) is 4.98 Å². The molecule has 0 spiro atoms. The smallest absolute Gasteiger partial charge is 0.248 e. The summed E-state index contributed by atoms with van der Waals surface area (Å²) in [7, 11) is 0. The van der Waals surface area contributed by atoms with Crippen molar-refractivity contribution in [3.63, 3.8) is 0 Å². The van der Waals surface area contributed by atoms with Crippen molar-refractivity contribution in [1.82, 2.24) is 10.1 Å². The average Bonchev–Trinajstić information content (AvgIpc) is 2.70. The Balaban J connectivity index is 1.89. The molecule has 0 bridgehead atoms. The predicted octanol–water partition coefficient (Wildman–Crippen LogP) is 3.56. The van der Waals surface area contributed by atoms with Gasteiger partial charge in [0, 0.05) is 25.2 Å². The fourth-order valence-corrected chi connectivity index (χ4v) is 2.15. The predicted molar refractivity (Wildman–Crippen MR) is 59.0 cm³/mol. The molecule has 17 heavy (non-hydrogen) atoms. The van der Waals surface area contributed by atoms with Gasteiger partial charge in [-0.05, 0) is 18.8 Å². The lowest BCUT2D eigenvalue weighted by molar-refractivity contribution is -0.0458. The van der Waals surface area contributed by atoms with Crippen molar-refractivity contribution < 1.29 is 13.3 Å². The quantitative estimate of drug-likeness (QED) is 0.816. The molecule has 0 N–H and O–H groups in total. The van der Waals surface area contributed by atoms with E-state index in [0.717, 1.165) is 0 Å². The van der Waals surface area contributed by atoms with E-state index in [1.165, 1.54) is 0 Å². The van der Waals surface area contributed by atoms with E-state index in [-0.39, 0.29) is 24.7 Å². The molecule has 3 nitrogen and oxygen atoms in total. The van der Waals surface area contributed by atoms with Gasteiger partial charge in [0.2, 0.25) is 11.8 Å². The molecule has 5 heteroatoms. The summed E-state index contributed by atoms with van der Waals surface area (Å²) >= 11 is 0. The number of halogens is 2. The second kappa shape index (κ2) is 4.70. The first-order valence-electron chi connectivity index (χ1n) is 6.16. The Morgan fingerprint density at radius 1 is 1.35 bits per heavy atom. The summed E-state index contributed by atoms with van der Waals surface area (Å²) in [5, 5.41) is 3.89. The maximum absolute atomic E-state index is 13.0. The van der Waals surface area contributed by atoms with Crippen LogP contribution in [0.2, 0.25) is 0 Å². The maximum Gasteiger partial charge on any atom is 0.248 e. The van der Waals surface area contributed by atoms with Crippen LogP contribution in [0.4, 0.5) is 8.78 Å². The number of nitrogens with zero attached hydrogens (tertiary/aromatic N) is 2. The van der Waals surface area contributed by atoms with Crippen molar-refractivity contribution >= 4 is 0 Å². The Morgan fingerprint density at radius 2 is 2.00 bits per heavy atom. The third-order valence-corrected chi connectivity index (χ3v) is 3.29. The Labute approximate surface area is 99.6 Å². The number of hydrogen-bond acceptors (Lipinski definition) is 3. The molecule has 1 aromatic rings. The van der Waals surface area contributed by atoms with Crippen LogP contribution in [0.3, 0.4) is 0 Å². The van der Waals surface area contributed by atoms with Crippen LogP contribution < -0.4 is 0 Å². The summed E-state index contributed by atoms with van der Waals surface area (Å²) in [4.78, 5) is 4.27. The van der Waals surface area contributed by atoms with E-state index in [4.69, 9.17) is 4.52 Å². The van der Waals surface area contributed by atoms with E-state index in [2.05, 4.69) is 10.1 Å². The van der Waals surface area contributed by atoms with Crippen LogP contribution in [0.5, 0.6) is 0 Å². The van der Waals surface area contributed by atoms with Crippen molar-refractivity contribution in [3.8, 4) is 0 Å². The normalized spacial score (nSPS) is 21.0. The van der Waals surface area contributed by atoms with Crippen molar-refractivity contribution in [3.05, 3.63) is 11.7 Å². The Morgan fingerprint density at radius 3 is 2.53 bits per heavy atom. The van der Waals surface area contributed by atoms with Gasteiger partial charge in [-0.3, -0.25) is 0 Å². The van der Waals surface area contributed by atoms with Gasteiger partial charge in [0.1, 0.15) is 0 Å². The van der Waals surface area contributed by atoms with E-state index in [1.807, 2.05) is 13.8 Å². The molecule has 0 unspecified atom stereocenters. The molecule has 0 amide bonds. The first-order chi connectivity index (χ1) is 7.96. The SMILES string of the molecule is CC(C)c1nc(CC2CCC(F)(F)CC2)no1. The lowest BCUT2D eigenvalue weighted by Crippen LogP contribution is -2.25. The van der Waals surface area contributed by atoms with Crippen LogP contribution in [0.25, 0.3) is 0 Å². The summed E-state index contributed by atoms with van der Waals surface area (Å²) in [5.41, 5.74) is 0. The fraction of sp³-hybridized carbons (Fsp3) is 0.833. The topological polar surface area (TPSA) is 38.9 Å². The van der Waals surface area contributed by atoms with Crippen LogP contribution >= 0.6 is 0 Å². The number of hydrogen-bond donors (Lipinski definition) is 0. The second-order valence-corrected chi connectivity index (χ2v) is 5.21. The van der Waals surface area contributed by atoms with Crippen LogP contribution in [-0.4, -0.2) is 16.1 Å². The lowest BCUT2D eigenvalue weighted by Gasteiger charge is -2.27. The third kappa shape index (κ3) is 3.23. The highest BCUT2D eigenvalue weighted by Crippen LogP contribution is 2.37. The number of rotatable bonds is 3. The Kier molecular flexibility index (Phi) is 3.45. The molecule has 0 atom stereocenters. The monoisotopic (exact) mass is 244 g/mol. The molecular formula is C12H18F2N2O. The molecule has 1 aliphatic rings. The third-order valence-electron chi connectivity index (χ3n) is 3.29. The minimum atomic E-state index is -2.46. The Bertz CT molecular complexity index is 366. The van der Waals surface area contributed by atoms with Gasteiger partial charge in [0.15, 0.2) is 5.82 Å². The van der Waals surface area contributed by atoms with Crippen molar-refractivity contribution in [2.24, 2.45) is 5.92 Å². The van der Waals surface area contributed by atoms with Gasteiger partial charge in [-0.25, -0.2) is 8.78 Å². The van der Waals surface area contributed by atoms with E-state index in [9.17, 15) is 8.78 Å². The van der Waals surface area contributed by atoms with Crippen LogP contribution in [0, 0.1) is 5.92 Å². The molecule has 1 aromatic heterocycles. The molecule has 1 heterocycles. The van der Waals surface area contributed by atoms with Crippen LogP contribution in [-0.2, 0) is 6.42 Å². The summed E-state index contributed by atoms with van der Waals surface area (Å²) in [6.07, 6.45) is 1.75. The molecule has 0 saturated heterocycles. The summed E-state index contributed by atoms with van der Waals surface area (Å²) in [5.74, 6) is -0.694. The van der Waals surface area contributed by atoms with E-state index < -0.39 is 5.92 Å². The highest BCUT2D eigenvalue weighted by atomic mass is 19.3. The first-order valence-corrected chi connectivity index (χ1v) is 6.16. The highest BCUT2D eigenvalue weighted by Gasteiger charge is 2.35. The Hall–Kier alpha value is -1.00. The summed E-state index contributed by atoms with van der Waals surface area (Å²) in [6, 6.07) is 0. The second-order valence-electron chi connectivity index (χ2n) is 5.21. The van der Waals surface area contributed by atoms with E-state index in [0.29, 0.717) is 31.0 Å². The van der Waals surface area contributed by atoms with Gasteiger partial charge in [-0.1, -0.05) is 19.0 Å². The largest absolute Gasteiger partial charge is 0.339 e. The summed E-state index contributed by atoms with van der Waals surface area (Å²) < 4.78 is 31.1. The van der Waals surface area contributed by atoms with Gasteiger partial charge in [-0.15, -0.1) is 0 Å². The van der Waals surface area contributed by atoms with Gasteiger partial charge in [0.05, 0.1) is 0 Å². The molecule has 2 rings (SSSR count). The molecule has 0 radical (unpaired) electrons. The zero-order valence-electron chi connectivity index (χ0n) is 10.2. The minimum Gasteiger partial charge on any atom is -0.339 e. The zero-order chi connectivity index (χ0) is 12.5. The highest BCUT2D eigenvalue weighted by molar-refractivity contribution is 4.93. The fourth-order valence-electron chi connectivity index (χ4n) is 2.15. The zero-order valence-corrected chi connectivity index (χ0v) is 10.2. The van der Waals surface area contributed by atoms with Crippen LogP contribution in [0.1, 0.15) is 57.2 Å². The van der Waals surface area contributed by atoms with Gasteiger partial charge >= 0.3 is 0 Å². The first kappa shape index (κ1) is 12.5. The molecule has 1 fully saturated rings. The molecule has 0 aromatic carbocycles. The lowest BCUT2D eigenvalue weighted by atomic mass is 9.85. The van der Waals surface area contributed by atoms with Crippen molar-refractivity contribution in [1.29, 1.82) is 0 Å². The molecule has 96 valence electrons. The van der Waals surface area contributed by atoms with E-state index in [1.54, 1.807) is 0 Å². The average molecular weight is 244 g/mol. The number of aromatic nitrogens is 2. The van der Waals surface area contributed by atoms with Crippen molar-refractivity contribution in [2.75, 3.05) is 0 Å². The van der Waals surface area contributed by atoms with Gasteiger partial charge < -0.3 is 4.52 Å².